The molecule has 1 aliphatic rings. The van der Waals surface area contributed by atoms with E-state index < -0.39 is 11.9 Å². The minimum atomic E-state index is -0.559. The maximum Gasteiger partial charge on any atom is 0.234 e. The van der Waals surface area contributed by atoms with Crippen LogP contribution in [0.2, 0.25) is 0 Å². The second-order valence-corrected chi connectivity index (χ2v) is 4.28. The number of amides is 1. The molecule has 1 rings (SSSR count). The first-order valence-electron chi connectivity index (χ1n) is 5.86. The highest BCUT2D eigenvalue weighted by Gasteiger charge is 2.14. The van der Waals surface area contributed by atoms with Crippen molar-refractivity contribution in [2.45, 2.75) is 57.1 Å². The van der Waals surface area contributed by atoms with Crippen molar-refractivity contribution < 1.29 is 9.53 Å². The molecule has 1 unspecified atom stereocenters. The Morgan fingerprint density at radius 3 is 2.40 bits per heavy atom. The number of primary amides is 1. The molecular formula is C11H22N2O2. The lowest BCUT2D eigenvalue weighted by atomic mass is 10.1. The van der Waals surface area contributed by atoms with Gasteiger partial charge in [-0.05, 0) is 19.3 Å². The zero-order chi connectivity index (χ0) is 11.1. The topological polar surface area (TPSA) is 78.3 Å². The molecular weight excluding hydrogens is 192 g/mol. The van der Waals surface area contributed by atoms with E-state index in [0.29, 0.717) is 19.1 Å². The van der Waals surface area contributed by atoms with Crippen molar-refractivity contribution in [1.29, 1.82) is 0 Å². The first kappa shape index (κ1) is 12.5. The molecule has 0 radical (unpaired) electrons. The number of hydrogen-bond acceptors (Lipinski definition) is 3. The fourth-order valence-corrected chi connectivity index (χ4v) is 1.91. The van der Waals surface area contributed by atoms with Gasteiger partial charge in [-0.25, -0.2) is 0 Å². The van der Waals surface area contributed by atoms with Crippen molar-refractivity contribution in [3.8, 4) is 0 Å². The van der Waals surface area contributed by atoms with Gasteiger partial charge in [0.2, 0.25) is 5.91 Å². The Hall–Kier alpha value is -0.610. The molecule has 0 aromatic carbocycles. The average molecular weight is 214 g/mol. The Morgan fingerprint density at radius 2 is 1.87 bits per heavy atom. The van der Waals surface area contributed by atoms with Crippen LogP contribution in [-0.4, -0.2) is 24.7 Å². The van der Waals surface area contributed by atoms with Crippen molar-refractivity contribution in [3.05, 3.63) is 0 Å². The van der Waals surface area contributed by atoms with Gasteiger partial charge in [-0.2, -0.15) is 0 Å². The van der Waals surface area contributed by atoms with Crippen molar-refractivity contribution >= 4 is 5.91 Å². The van der Waals surface area contributed by atoms with E-state index in [1.165, 1.54) is 25.7 Å². The predicted octanol–water partition coefficient (Wildman–Crippen LogP) is 0.928. The smallest absolute Gasteiger partial charge is 0.234 e. The van der Waals surface area contributed by atoms with Gasteiger partial charge in [0.1, 0.15) is 0 Å². The molecule has 4 N–H and O–H groups in total. The number of rotatable bonds is 5. The molecule has 0 heterocycles. The van der Waals surface area contributed by atoms with Crippen molar-refractivity contribution in [2.24, 2.45) is 11.5 Å². The van der Waals surface area contributed by atoms with Gasteiger partial charge in [-0.15, -0.1) is 0 Å². The van der Waals surface area contributed by atoms with E-state index in [-0.39, 0.29) is 0 Å². The lowest BCUT2D eigenvalue weighted by Crippen LogP contribution is -2.37. The largest absolute Gasteiger partial charge is 0.378 e. The fraction of sp³-hybridized carbons (Fsp3) is 0.909. The van der Waals surface area contributed by atoms with Crippen molar-refractivity contribution in [1.82, 2.24) is 0 Å². The lowest BCUT2D eigenvalue weighted by Gasteiger charge is -2.16. The summed E-state index contributed by atoms with van der Waals surface area (Å²) in [5.74, 6) is -0.445. The Labute approximate surface area is 91.3 Å². The number of hydrogen-bond donors (Lipinski definition) is 2. The van der Waals surface area contributed by atoms with E-state index in [1.807, 2.05) is 0 Å². The molecule has 15 heavy (non-hydrogen) atoms. The highest BCUT2D eigenvalue weighted by molar-refractivity contribution is 5.79. The standard InChI is InChI=1S/C11H22N2O2/c12-10(11(13)14)7-8-15-9-5-3-1-2-4-6-9/h9-10H,1-8,12H2,(H2,13,14). The molecule has 0 aromatic heterocycles. The maximum atomic E-state index is 10.7. The summed E-state index contributed by atoms with van der Waals surface area (Å²) in [6, 6.07) is -0.559. The Kier molecular flexibility index (Phi) is 5.65. The third-order valence-electron chi connectivity index (χ3n) is 2.95. The summed E-state index contributed by atoms with van der Waals surface area (Å²) in [5.41, 5.74) is 10.6. The number of nitrogens with two attached hydrogens (primary N) is 2. The minimum absolute atomic E-state index is 0.368. The molecule has 1 saturated carbocycles. The summed E-state index contributed by atoms with van der Waals surface area (Å²) in [6.45, 7) is 0.550. The van der Waals surface area contributed by atoms with Crippen LogP contribution in [0.25, 0.3) is 0 Å². The highest BCUT2D eigenvalue weighted by atomic mass is 16.5. The van der Waals surface area contributed by atoms with Crippen molar-refractivity contribution in [2.75, 3.05) is 6.61 Å². The molecule has 0 aromatic rings. The van der Waals surface area contributed by atoms with Crippen LogP contribution >= 0.6 is 0 Å². The van der Waals surface area contributed by atoms with Crippen LogP contribution in [-0.2, 0) is 9.53 Å². The maximum absolute atomic E-state index is 10.7. The Balaban J connectivity index is 2.10. The molecule has 4 heteroatoms. The third kappa shape index (κ3) is 5.14. The van der Waals surface area contributed by atoms with Gasteiger partial charge >= 0.3 is 0 Å². The molecule has 0 spiro atoms. The van der Waals surface area contributed by atoms with Crippen LogP contribution in [0, 0.1) is 0 Å². The monoisotopic (exact) mass is 214 g/mol. The second kappa shape index (κ2) is 6.80. The number of carbonyl (C=O) groups is 1. The van der Waals surface area contributed by atoms with Crippen LogP contribution in [0.3, 0.4) is 0 Å². The molecule has 1 atom stereocenters. The van der Waals surface area contributed by atoms with Gasteiger partial charge in [-0.1, -0.05) is 25.7 Å². The van der Waals surface area contributed by atoms with E-state index in [9.17, 15) is 4.79 Å². The van der Waals surface area contributed by atoms with Gasteiger partial charge in [0.05, 0.1) is 12.1 Å². The lowest BCUT2D eigenvalue weighted by molar-refractivity contribution is -0.119. The second-order valence-electron chi connectivity index (χ2n) is 4.28. The van der Waals surface area contributed by atoms with E-state index in [1.54, 1.807) is 0 Å². The Morgan fingerprint density at radius 1 is 1.27 bits per heavy atom. The SMILES string of the molecule is NC(=O)C(N)CCOC1CCCCCC1. The minimum Gasteiger partial charge on any atom is -0.378 e. The van der Waals surface area contributed by atoms with Gasteiger partial charge in [0.15, 0.2) is 0 Å². The third-order valence-corrected chi connectivity index (χ3v) is 2.95. The summed E-state index contributed by atoms with van der Waals surface area (Å²) in [6.07, 6.45) is 8.34. The quantitative estimate of drug-likeness (QED) is 0.668. The molecule has 1 aliphatic carbocycles. The first-order valence-corrected chi connectivity index (χ1v) is 5.86. The fourth-order valence-electron chi connectivity index (χ4n) is 1.91. The first-order chi connectivity index (χ1) is 7.20. The van der Waals surface area contributed by atoms with Crippen LogP contribution in [0.4, 0.5) is 0 Å². The summed E-state index contributed by atoms with van der Waals surface area (Å²) >= 11 is 0. The molecule has 0 saturated heterocycles. The van der Waals surface area contributed by atoms with E-state index in [4.69, 9.17) is 16.2 Å². The van der Waals surface area contributed by atoms with Crippen LogP contribution in [0.15, 0.2) is 0 Å². The molecule has 4 nitrogen and oxygen atoms in total. The van der Waals surface area contributed by atoms with Gasteiger partial charge in [-0.3, -0.25) is 4.79 Å². The summed E-state index contributed by atoms with van der Waals surface area (Å²) in [5, 5.41) is 0. The van der Waals surface area contributed by atoms with E-state index >= 15 is 0 Å². The summed E-state index contributed by atoms with van der Waals surface area (Å²) in [7, 11) is 0. The zero-order valence-corrected chi connectivity index (χ0v) is 9.28. The van der Waals surface area contributed by atoms with Gasteiger partial charge in [0.25, 0.3) is 0 Å². The predicted molar refractivity (Wildman–Crippen MR) is 59.2 cm³/mol. The summed E-state index contributed by atoms with van der Waals surface area (Å²) in [4.78, 5) is 10.7. The average Bonchev–Trinajstić information content (AvgIpc) is 2.46. The number of carbonyl (C=O) groups excluding carboxylic acids is 1. The normalized spacial score (nSPS) is 20.9. The number of ether oxygens (including phenoxy) is 1. The molecule has 88 valence electrons. The molecule has 1 amide bonds. The Bertz CT molecular complexity index is 189. The van der Waals surface area contributed by atoms with Crippen LogP contribution in [0.1, 0.15) is 44.9 Å². The van der Waals surface area contributed by atoms with E-state index in [2.05, 4.69) is 0 Å². The van der Waals surface area contributed by atoms with Gasteiger partial charge in [0, 0.05) is 6.61 Å². The highest BCUT2D eigenvalue weighted by Crippen LogP contribution is 2.19. The van der Waals surface area contributed by atoms with Crippen LogP contribution in [0.5, 0.6) is 0 Å². The molecule has 1 fully saturated rings. The zero-order valence-electron chi connectivity index (χ0n) is 9.28. The summed E-state index contributed by atoms with van der Waals surface area (Å²) < 4.78 is 5.70. The molecule has 0 aliphatic heterocycles. The van der Waals surface area contributed by atoms with Crippen LogP contribution < -0.4 is 11.5 Å². The molecule has 0 bridgehead atoms. The van der Waals surface area contributed by atoms with Gasteiger partial charge < -0.3 is 16.2 Å². The van der Waals surface area contributed by atoms with Crippen molar-refractivity contribution in [3.63, 3.8) is 0 Å². The van der Waals surface area contributed by atoms with E-state index in [0.717, 1.165) is 12.8 Å².